The van der Waals surface area contributed by atoms with Crippen molar-refractivity contribution in [1.82, 2.24) is 10.2 Å². The van der Waals surface area contributed by atoms with Gasteiger partial charge in [-0.05, 0) is 36.4 Å². The van der Waals surface area contributed by atoms with Crippen LogP contribution in [0.25, 0.3) is 0 Å². The number of carbonyl (C=O) groups is 1. The Balaban J connectivity index is 1.74. The van der Waals surface area contributed by atoms with E-state index in [1.165, 1.54) is 0 Å². The van der Waals surface area contributed by atoms with E-state index in [4.69, 9.17) is 9.47 Å². The van der Waals surface area contributed by atoms with Crippen molar-refractivity contribution in [3.05, 3.63) is 36.4 Å². The number of carbonyl (C=O) groups excluding carboxylic acids is 1. The molecule has 0 aliphatic heterocycles. The third-order valence-corrected chi connectivity index (χ3v) is 3.32. The fraction of sp³-hybridized carbons (Fsp3) is 0.389. The zero-order valence-corrected chi connectivity index (χ0v) is 15.0. The molecule has 1 aromatic carbocycles. The van der Waals surface area contributed by atoms with Crippen molar-refractivity contribution in [2.75, 3.05) is 30.9 Å². The molecule has 7 nitrogen and oxygen atoms in total. The minimum atomic E-state index is -0.475. The molecule has 1 heterocycles. The summed E-state index contributed by atoms with van der Waals surface area (Å²) in [6, 6.07) is 10.9. The number of methoxy groups -OCH3 is 1. The molecule has 0 saturated carbocycles. The van der Waals surface area contributed by atoms with Crippen molar-refractivity contribution in [3.63, 3.8) is 0 Å². The summed E-state index contributed by atoms with van der Waals surface area (Å²) in [5, 5.41) is 13.9. The molecule has 0 saturated heterocycles. The second-order valence-electron chi connectivity index (χ2n) is 6.46. The Morgan fingerprint density at radius 3 is 2.16 bits per heavy atom. The van der Waals surface area contributed by atoms with Gasteiger partial charge in [-0.2, -0.15) is 0 Å². The normalized spacial score (nSPS) is 10.9. The number of aromatic nitrogens is 2. The topological polar surface area (TPSA) is 85.4 Å². The van der Waals surface area contributed by atoms with Crippen LogP contribution in [0.3, 0.4) is 0 Å². The maximum atomic E-state index is 11.9. The van der Waals surface area contributed by atoms with Crippen molar-refractivity contribution >= 4 is 17.5 Å². The number of nitrogens with one attached hydrogen (secondary N) is 2. The van der Waals surface area contributed by atoms with E-state index in [1.54, 1.807) is 19.2 Å². The summed E-state index contributed by atoms with van der Waals surface area (Å²) in [4.78, 5) is 11.9. The standard InChI is InChI=1S/C18H24N4O3/c1-18(2,3)17(23)20-16-10-9-15(21-22-16)19-11-12-25-14-7-5-13(24-4)6-8-14/h5-10H,11-12H2,1-4H3,(H,19,21)(H,20,22,23). The summed E-state index contributed by atoms with van der Waals surface area (Å²) < 4.78 is 10.7. The second-order valence-corrected chi connectivity index (χ2v) is 6.46. The van der Waals surface area contributed by atoms with Crippen molar-refractivity contribution in [3.8, 4) is 11.5 Å². The smallest absolute Gasteiger partial charge is 0.230 e. The quantitative estimate of drug-likeness (QED) is 0.751. The van der Waals surface area contributed by atoms with Crippen LogP contribution in [0.4, 0.5) is 11.6 Å². The largest absolute Gasteiger partial charge is 0.497 e. The van der Waals surface area contributed by atoms with Gasteiger partial charge in [0.05, 0.1) is 13.7 Å². The predicted molar refractivity (Wildman–Crippen MR) is 97.1 cm³/mol. The van der Waals surface area contributed by atoms with Crippen molar-refractivity contribution in [2.45, 2.75) is 20.8 Å². The van der Waals surface area contributed by atoms with Gasteiger partial charge in [0.1, 0.15) is 23.9 Å². The number of hydrogen-bond donors (Lipinski definition) is 2. The first-order chi connectivity index (χ1) is 11.9. The summed E-state index contributed by atoms with van der Waals surface area (Å²) in [6.07, 6.45) is 0. The zero-order valence-electron chi connectivity index (χ0n) is 15.0. The van der Waals surface area contributed by atoms with E-state index in [-0.39, 0.29) is 5.91 Å². The summed E-state index contributed by atoms with van der Waals surface area (Å²) in [6.45, 7) is 6.59. The van der Waals surface area contributed by atoms with Crippen LogP contribution >= 0.6 is 0 Å². The molecule has 0 bridgehead atoms. The highest BCUT2D eigenvalue weighted by Gasteiger charge is 2.21. The van der Waals surface area contributed by atoms with Crippen LogP contribution in [0.2, 0.25) is 0 Å². The van der Waals surface area contributed by atoms with E-state index >= 15 is 0 Å². The van der Waals surface area contributed by atoms with Gasteiger partial charge in [0.15, 0.2) is 5.82 Å². The highest BCUT2D eigenvalue weighted by molar-refractivity contribution is 5.93. The first-order valence-corrected chi connectivity index (χ1v) is 8.04. The fourth-order valence-electron chi connectivity index (χ4n) is 1.82. The number of benzene rings is 1. The molecule has 0 fully saturated rings. The molecule has 0 aliphatic rings. The molecule has 2 rings (SSSR count). The first-order valence-electron chi connectivity index (χ1n) is 8.04. The minimum absolute atomic E-state index is 0.101. The number of nitrogens with zero attached hydrogens (tertiary/aromatic N) is 2. The van der Waals surface area contributed by atoms with Crippen LogP contribution in [0.1, 0.15) is 20.8 Å². The highest BCUT2D eigenvalue weighted by atomic mass is 16.5. The molecule has 0 radical (unpaired) electrons. The summed E-state index contributed by atoms with van der Waals surface area (Å²) >= 11 is 0. The van der Waals surface area contributed by atoms with Gasteiger partial charge in [0, 0.05) is 5.41 Å². The number of anilines is 2. The molecule has 0 atom stereocenters. The molecule has 1 amide bonds. The Hall–Kier alpha value is -2.83. The predicted octanol–water partition coefficient (Wildman–Crippen LogP) is 2.96. The second kappa shape index (κ2) is 8.32. The van der Waals surface area contributed by atoms with Crippen molar-refractivity contribution in [1.29, 1.82) is 0 Å². The lowest BCUT2D eigenvalue weighted by atomic mass is 9.96. The maximum absolute atomic E-state index is 11.9. The number of ether oxygens (including phenoxy) is 2. The van der Waals surface area contributed by atoms with Gasteiger partial charge in [0.25, 0.3) is 0 Å². The third kappa shape index (κ3) is 5.95. The Morgan fingerprint density at radius 2 is 1.60 bits per heavy atom. The van der Waals surface area contributed by atoms with Crippen LogP contribution < -0.4 is 20.1 Å². The lowest BCUT2D eigenvalue weighted by molar-refractivity contribution is -0.123. The molecular formula is C18H24N4O3. The highest BCUT2D eigenvalue weighted by Crippen LogP contribution is 2.17. The summed E-state index contributed by atoms with van der Waals surface area (Å²) in [5.74, 6) is 2.51. The van der Waals surface area contributed by atoms with Crippen LogP contribution in [-0.4, -0.2) is 36.4 Å². The molecule has 0 unspecified atom stereocenters. The number of rotatable bonds is 7. The molecule has 0 spiro atoms. The van der Waals surface area contributed by atoms with Gasteiger partial charge in [-0.3, -0.25) is 4.79 Å². The number of amides is 1. The number of hydrogen-bond acceptors (Lipinski definition) is 6. The lowest BCUT2D eigenvalue weighted by Crippen LogP contribution is -2.28. The average molecular weight is 344 g/mol. The maximum Gasteiger partial charge on any atom is 0.230 e. The van der Waals surface area contributed by atoms with Crippen LogP contribution in [-0.2, 0) is 4.79 Å². The monoisotopic (exact) mass is 344 g/mol. The van der Waals surface area contributed by atoms with E-state index in [0.29, 0.717) is 24.8 Å². The fourth-order valence-corrected chi connectivity index (χ4v) is 1.82. The van der Waals surface area contributed by atoms with E-state index in [1.807, 2.05) is 45.0 Å². The Bertz CT molecular complexity index is 679. The molecule has 134 valence electrons. The zero-order chi connectivity index (χ0) is 18.3. The Labute approximate surface area is 147 Å². The van der Waals surface area contributed by atoms with Gasteiger partial charge in [-0.1, -0.05) is 20.8 Å². The van der Waals surface area contributed by atoms with E-state index in [0.717, 1.165) is 11.5 Å². The molecular weight excluding hydrogens is 320 g/mol. The average Bonchev–Trinajstić information content (AvgIpc) is 2.60. The minimum Gasteiger partial charge on any atom is -0.497 e. The van der Waals surface area contributed by atoms with Crippen molar-refractivity contribution in [2.24, 2.45) is 5.41 Å². The summed E-state index contributed by atoms with van der Waals surface area (Å²) in [7, 11) is 1.63. The third-order valence-electron chi connectivity index (χ3n) is 3.32. The summed E-state index contributed by atoms with van der Waals surface area (Å²) in [5.41, 5.74) is -0.475. The van der Waals surface area contributed by atoms with Crippen LogP contribution in [0, 0.1) is 5.41 Å². The van der Waals surface area contributed by atoms with Gasteiger partial charge in [-0.25, -0.2) is 0 Å². The van der Waals surface area contributed by atoms with Crippen molar-refractivity contribution < 1.29 is 14.3 Å². The molecule has 25 heavy (non-hydrogen) atoms. The first kappa shape index (κ1) is 18.5. The molecule has 0 aliphatic carbocycles. The SMILES string of the molecule is COc1ccc(OCCNc2ccc(NC(=O)C(C)(C)C)nn2)cc1. The Kier molecular flexibility index (Phi) is 6.16. The van der Waals surface area contributed by atoms with Gasteiger partial charge < -0.3 is 20.1 Å². The van der Waals surface area contributed by atoms with Crippen LogP contribution in [0.15, 0.2) is 36.4 Å². The van der Waals surface area contributed by atoms with Gasteiger partial charge in [0.2, 0.25) is 5.91 Å². The molecule has 1 aromatic heterocycles. The Morgan fingerprint density at radius 1 is 1.00 bits per heavy atom. The van der Waals surface area contributed by atoms with Crippen LogP contribution in [0.5, 0.6) is 11.5 Å². The molecule has 7 heteroatoms. The van der Waals surface area contributed by atoms with E-state index < -0.39 is 5.41 Å². The van der Waals surface area contributed by atoms with Gasteiger partial charge in [-0.15, -0.1) is 10.2 Å². The molecule has 2 aromatic rings. The van der Waals surface area contributed by atoms with E-state index in [9.17, 15) is 4.79 Å². The van der Waals surface area contributed by atoms with E-state index in [2.05, 4.69) is 20.8 Å². The van der Waals surface area contributed by atoms with Gasteiger partial charge >= 0.3 is 0 Å². The molecule has 2 N–H and O–H groups in total. The lowest BCUT2D eigenvalue weighted by Gasteiger charge is -2.16.